The Morgan fingerprint density at radius 1 is 1.03 bits per heavy atom. The lowest BCUT2D eigenvalue weighted by molar-refractivity contribution is -0.148. The molecule has 0 saturated carbocycles. The summed E-state index contributed by atoms with van der Waals surface area (Å²) in [4.78, 5) is 16.3. The van der Waals surface area contributed by atoms with Crippen molar-refractivity contribution in [1.82, 2.24) is 24.6 Å². The lowest BCUT2D eigenvalue weighted by atomic mass is 10.1. The zero-order chi connectivity index (χ0) is 26.8. The summed E-state index contributed by atoms with van der Waals surface area (Å²) in [6.45, 7) is 2.08. The molecule has 0 fully saturated rings. The summed E-state index contributed by atoms with van der Waals surface area (Å²) in [5, 5.41) is 17.4. The van der Waals surface area contributed by atoms with Crippen molar-refractivity contribution >= 4 is 11.7 Å². The number of aromatic nitrogens is 4. The van der Waals surface area contributed by atoms with Crippen LogP contribution in [0.2, 0.25) is 0 Å². The average molecular weight is 517 g/mol. The molecule has 1 aliphatic heterocycles. The molecule has 0 spiro atoms. The van der Waals surface area contributed by atoms with Gasteiger partial charge in [-0.1, -0.05) is 13.8 Å². The molecule has 0 unspecified atom stereocenters. The van der Waals surface area contributed by atoms with Crippen LogP contribution in [0.15, 0.2) is 6.07 Å². The molecule has 0 aliphatic carbocycles. The molecule has 192 valence electrons. The highest BCUT2D eigenvalue weighted by atomic mass is 19.4. The molecule has 0 radical (unpaired) electrons. The van der Waals surface area contributed by atoms with Gasteiger partial charge in [0.2, 0.25) is 11.7 Å². The van der Waals surface area contributed by atoms with Crippen molar-refractivity contribution in [2.75, 3.05) is 18.4 Å². The fourth-order valence-electron chi connectivity index (χ4n) is 3.01. The molecule has 2 aromatic heterocycles. The van der Waals surface area contributed by atoms with Gasteiger partial charge in [0.1, 0.15) is 23.1 Å². The van der Waals surface area contributed by atoms with Crippen molar-refractivity contribution in [2.24, 2.45) is 0 Å². The molecule has 0 atom stereocenters. The number of pyridine rings is 1. The van der Waals surface area contributed by atoms with Crippen LogP contribution in [0.1, 0.15) is 42.3 Å². The molecule has 1 N–H and O–H groups in total. The minimum absolute atomic E-state index is 0.212. The Labute approximate surface area is 191 Å². The number of nitrogens with zero attached hydrogens (tertiary/aromatic N) is 6. The van der Waals surface area contributed by atoms with Gasteiger partial charge in [-0.2, -0.15) is 44.8 Å². The number of rotatable bonds is 3. The molecule has 0 bridgehead atoms. The van der Waals surface area contributed by atoms with E-state index in [9.17, 15) is 44.3 Å². The predicted octanol–water partition coefficient (Wildman–Crippen LogP) is 4.08. The van der Waals surface area contributed by atoms with Crippen LogP contribution >= 0.6 is 0 Å². The lowest BCUT2D eigenvalue weighted by Gasteiger charge is -2.28. The number of anilines is 1. The molecule has 0 saturated heterocycles. The molecule has 0 aromatic carbocycles. The number of fused-ring (bicyclic) bond motifs is 1. The van der Waals surface area contributed by atoms with E-state index in [2.05, 4.69) is 15.2 Å². The van der Waals surface area contributed by atoms with Gasteiger partial charge in [0.05, 0.1) is 18.7 Å². The summed E-state index contributed by atoms with van der Waals surface area (Å²) in [5.74, 6) is -3.49. The Morgan fingerprint density at radius 3 is 2.17 bits per heavy atom. The van der Waals surface area contributed by atoms with Crippen LogP contribution in [0, 0.1) is 11.3 Å². The van der Waals surface area contributed by atoms with Crippen LogP contribution < -0.4 is 5.32 Å². The Kier molecular flexibility index (Phi) is 7.87. The minimum atomic E-state index is -5.32. The van der Waals surface area contributed by atoms with Crippen molar-refractivity contribution < 1.29 is 44.3 Å². The summed E-state index contributed by atoms with van der Waals surface area (Å²) in [7, 11) is 0. The van der Waals surface area contributed by atoms with Crippen LogP contribution in [-0.2, 0) is 36.4 Å². The Hall–Kier alpha value is -3.58. The highest BCUT2D eigenvalue weighted by molar-refractivity contribution is 5.81. The molecule has 3 heterocycles. The maximum atomic E-state index is 13.2. The number of alkyl halides is 9. The van der Waals surface area contributed by atoms with Crippen molar-refractivity contribution in [3.63, 3.8) is 0 Å². The summed E-state index contributed by atoms with van der Waals surface area (Å²) in [5.41, 5.74) is -5.08. The number of hydrogen-bond donors (Lipinski definition) is 1. The normalized spacial score (nSPS) is 13.9. The van der Waals surface area contributed by atoms with Crippen LogP contribution in [0.25, 0.3) is 0 Å². The number of halogens is 9. The van der Waals surface area contributed by atoms with Crippen LogP contribution in [0.5, 0.6) is 0 Å². The second-order valence-electron chi connectivity index (χ2n) is 6.64. The van der Waals surface area contributed by atoms with E-state index in [-0.39, 0.29) is 25.0 Å². The van der Waals surface area contributed by atoms with Crippen molar-refractivity contribution in [3.8, 4) is 6.07 Å². The van der Waals surface area contributed by atoms with E-state index in [1.165, 1.54) is 0 Å². The van der Waals surface area contributed by atoms with Gasteiger partial charge >= 0.3 is 18.5 Å². The van der Waals surface area contributed by atoms with E-state index in [1.807, 2.05) is 19.2 Å². The van der Waals surface area contributed by atoms with E-state index < -0.39 is 66.0 Å². The summed E-state index contributed by atoms with van der Waals surface area (Å²) in [6, 6.07) is 0.799. The standard InChI is InChI=1S/C16H10F9N7O.C2H6/c17-14(18,19)8-3-9(15(20,21)22)28-12(7(8)4-26)27-5-11(33)31-1-2-32-10(6-31)29-30-13(32)16(23,24)25;1-2/h3H,1-2,5-6H2,(H,27,28);1-2H3. The smallest absolute Gasteiger partial charge is 0.360 e. The van der Waals surface area contributed by atoms with Crippen LogP contribution in [0.3, 0.4) is 0 Å². The first-order chi connectivity index (χ1) is 16.1. The second-order valence-corrected chi connectivity index (χ2v) is 6.64. The molecule has 8 nitrogen and oxygen atoms in total. The van der Waals surface area contributed by atoms with Gasteiger partial charge in [-0.3, -0.25) is 4.79 Å². The first-order valence-corrected chi connectivity index (χ1v) is 9.73. The molecule has 3 rings (SSSR count). The van der Waals surface area contributed by atoms with Crippen molar-refractivity contribution in [3.05, 3.63) is 34.5 Å². The first-order valence-electron chi connectivity index (χ1n) is 9.73. The molecule has 17 heteroatoms. The number of carbonyl (C=O) groups is 1. The molecule has 2 aromatic rings. The van der Waals surface area contributed by atoms with E-state index in [1.54, 1.807) is 0 Å². The minimum Gasteiger partial charge on any atom is -0.360 e. The Balaban J connectivity index is 0.00000210. The largest absolute Gasteiger partial charge is 0.451 e. The summed E-state index contributed by atoms with van der Waals surface area (Å²) < 4.78 is 118. The third-order valence-electron chi connectivity index (χ3n) is 4.49. The average Bonchev–Trinajstić information content (AvgIpc) is 3.20. The molecular weight excluding hydrogens is 501 g/mol. The SMILES string of the molecule is CC.N#Cc1c(C(F)(F)F)cc(C(F)(F)F)nc1NCC(=O)N1CCn2c(nnc2C(F)(F)F)C1. The van der Waals surface area contributed by atoms with Gasteiger partial charge in [-0.25, -0.2) is 4.98 Å². The van der Waals surface area contributed by atoms with Crippen LogP contribution in [-0.4, -0.2) is 43.6 Å². The third-order valence-corrected chi connectivity index (χ3v) is 4.49. The molecular formula is C18H16F9N7O. The first kappa shape index (κ1) is 27.7. The zero-order valence-electron chi connectivity index (χ0n) is 17.9. The number of amides is 1. The fraction of sp³-hybridized carbons (Fsp3) is 0.500. The predicted molar refractivity (Wildman–Crippen MR) is 99.2 cm³/mol. The zero-order valence-corrected chi connectivity index (χ0v) is 17.9. The molecule has 1 amide bonds. The highest BCUT2D eigenvalue weighted by Gasteiger charge is 2.42. The number of hydrogen-bond acceptors (Lipinski definition) is 6. The Morgan fingerprint density at radius 2 is 1.66 bits per heavy atom. The monoisotopic (exact) mass is 517 g/mol. The topological polar surface area (TPSA) is 99.7 Å². The summed E-state index contributed by atoms with van der Waals surface area (Å²) in [6.07, 6.45) is -15.4. The van der Waals surface area contributed by atoms with E-state index in [0.29, 0.717) is 0 Å². The molecule has 35 heavy (non-hydrogen) atoms. The van der Waals surface area contributed by atoms with E-state index >= 15 is 0 Å². The van der Waals surface area contributed by atoms with Crippen molar-refractivity contribution in [2.45, 2.75) is 45.5 Å². The number of nitrogens with one attached hydrogen (secondary N) is 1. The van der Waals surface area contributed by atoms with Crippen LogP contribution in [0.4, 0.5) is 45.3 Å². The number of nitriles is 1. The highest BCUT2D eigenvalue weighted by Crippen LogP contribution is 2.38. The maximum absolute atomic E-state index is 13.2. The fourth-order valence-corrected chi connectivity index (χ4v) is 3.01. The summed E-state index contributed by atoms with van der Waals surface area (Å²) >= 11 is 0. The number of carbonyl (C=O) groups excluding carboxylic acids is 1. The quantitative estimate of drug-likeness (QED) is 0.617. The van der Waals surface area contributed by atoms with Gasteiger partial charge in [0.15, 0.2) is 5.82 Å². The van der Waals surface area contributed by atoms with Gasteiger partial charge in [0.25, 0.3) is 0 Å². The third kappa shape index (κ3) is 6.11. The van der Waals surface area contributed by atoms with Gasteiger partial charge in [-0.15, -0.1) is 10.2 Å². The van der Waals surface area contributed by atoms with Crippen molar-refractivity contribution in [1.29, 1.82) is 5.26 Å². The van der Waals surface area contributed by atoms with E-state index in [4.69, 9.17) is 5.26 Å². The van der Waals surface area contributed by atoms with Gasteiger partial charge in [0, 0.05) is 13.1 Å². The second kappa shape index (κ2) is 9.96. The van der Waals surface area contributed by atoms with Gasteiger partial charge < -0.3 is 14.8 Å². The molecule has 1 aliphatic rings. The lowest BCUT2D eigenvalue weighted by Crippen LogP contribution is -2.42. The van der Waals surface area contributed by atoms with E-state index in [0.717, 1.165) is 15.5 Å². The Bertz CT molecular complexity index is 1110. The van der Waals surface area contributed by atoms with Gasteiger partial charge in [-0.05, 0) is 6.07 Å². The maximum Gasteiger partial charge on any atom is 0.451 e.